The van der Waals surface area contributed by atoms with E-state index in [0.717, 1.165) is 28.7 Å². The quantitative estimate of drug-likeness (QED) is 0.186. The Balaban J connectivity index is 1.18. The largest absolute Gasteiger partial charge is 0.425 e. The average molecular weight is 518 g/mol. The Labute approximate surface area is 228 Å². The van der Waals surface area contributed by atoms with Crippen LogP contribution in [0.25, 0.3) is 11.1 Å². The van der Waals surface area contributed by atoms with Crippen molar-refractivity contribution < 1.29 is 19.1 Å². The summed E-state index contributed by atoms with van der Waals surface area (Å²) in [6.07, 6.45) is 5.63. The number of rotatable bonds is 6. The molecule has 0 radical (unpaired) electrons. The van der Waals surface area contributed by atoms with Gasteiger partial charge in [-0.3, -0.25) is 14.5 Å². The van der Waals surface area contributed by atoms with Crippen molar-refractivity contribution in [2.45, 2.75) is 32.7 Å². The fourth-order valence-electron chi connectivity index (χ4n) is 7.27. The monoisotopic (exact) mass is 517 g/mol. The minimum absolute atomic E-state index is 0.108. The normalized spacial score (nSPS) is 28.7. The number of likely N-dealkylation sites (tertiary alicyclic amines) is 1. The maximum absolute atomic E-state index is 13.8. The molecule has 8 rings (SSSR count). The Morgan fingerprint density at radius 3 is 2.08 bits per heavy atom. The minimum Gasteiger partial charge on any atom is -0.425 e. The summed E-state index contributed by atoms with van der Waals surface area (Å²) in [5.74, 6) is -0.0230. The molecule has 3 fully saturated rings. The Hall–Kier alpha value is -3.99. The molecular formula is C34H31NO4. The SMILES string of the molecule is Cc1ccc(-c2ccc(OC(=O)[C@@H](Cc3ccccc3)N3C(=O)[C@H]4[C@@H]5C=C[C@H]([C@H]6C[C@H]56)[C@@H]4C3=O)c(C)c2)cc1. The number of carbonyl (C=O) groups excluding carboxylic acids is 3. The number of hydrogen-bond acceptors (Lipinski definition) is 4. The molecule has 196 valence electrons. The lowest BCUT2D eigenvalue weighted by Gasteiger charge is -2.37. The molecule has 5 aliphatic rings. The van der Waals surface area contributed by atoms with E-state index in [2.05, 4.69) is 43.3 Å². The first-order chi connectivity index (χ1) is 18.9. The topological polar surface area (TPSA) is 63.7 Å². The van der Waals surface area contributed by atoms with Crippen LogP contribution in [0.4, 0.5) is 0 Å². The van der Waals surface area contributed by atoms with Crippen molar-refractivity contribution in [2.24, 2.45) is 35.5 Å². The minimum atomic E-state index is -1.01. The number of aryl methyl sites for hydroxylation is 2. The molecule has 4 aliphatic carbocycles. The fraction of sp³-hybridized carbons (Fsp3) is 0.324. The molecule has 39 heavy (non-hydrogen) atoms. The molecule has 3 aromatic carbocycles. The Morgan fingerprint density at radius 1 is 0.846 bits per heavy atom. The van der Waals surface area contributed by atoms with Crippen LogP contribution in [-0.2, 0) is 20.8 Å². The second kappa shape index (κ2) is 9.04. The van der Waals surface area contributed by atoms with E-state index in [4.69, 9.17) is 4.74 Å². The predicted molar refractivity (Wildman–Crippen MR) is 147 cm³/mol. The summed E-state index contributed by atoms with van der Waals surface area (Å²) in [7, 11) is 0. The van der Waals surface area contributed by atoms with Crippen LogP contribution in [0.15, 0.2) is 84.9 Å². The van der Waals surface area contributed by atoms with Gasteiger partial charge in [0.25, 0.3) is 0 Å². The van der Waals surface area contributed by atoms with Gasteiger partial charge in [-0.15, -0.1) is 0 Å². The van der Waals surface area contributed by atoms with Gasteiger partial charge in [0.15, 0.2) is 0 Å². The molecule has 5 nitrogen and oxygen atoms in total. The first-order valence-electron chi connectivity index (χ1n) is 13.9. The lowest BCUT2D eigenvalue weighted by Crippen LogP contribution is -2.48. The Bertz CT molecular complexity index is 1470. The maximum Gasteiger partial charge on any atom is 0.335 e. The fourth-order valence-corrected chi connectivity index (χ4v) is 7.27. The van der Waals surface area contributed by atoms with Crippen molar-refractivity contribution in [1.29, 1.82) is 0 Å². The van der Waals surface area contributed by atoms with Crippen molar-refractivity contribution in [3.05, 3.63) is 102 Å². The average Bonchev–Trinajstić information content (AvgIpc) is 3.73. The molecule has 1 heterocycles. The summed E-state index contributed by atoms with van der Waals surface area (Å²) < 4.78 is 5.95. The predicted octanol–water partition coefficient (Wildman–Crippen LogP) is 5.54. The highest BCUT2D eigenvalue weighted by Crippen LogP contribution is 2.65. The molecule has 0 unspecified atom stereocenters. The highest BCUT2D eigenvalue weighted by molar-refractivity contribution is 6.09. The van der Waals surface area contributed by atoms with Gasteiger partial charge in [-0.1, -0.05) is 78.4 Å². The van der Waals surface area contributed by atoms with Gasteiger partial charge in [0.2, 0.25) is 11.8 Å². The van der Waals surface area contributed by atoms with Gasteiger partial charge in [0.1, 0.15) is 11.8 Å². The number of benzene rings is 3. The highest BCUT2D eigenvalue weighted by atomic mass is 16.5. The molecule has 5 heteroatoms. The van der Waals surface area contributed by atoms with Gasteiger partial charge < -0.3 is 4.74 Å². The summed E-state index contributed by atoms with van der Waals surface area (Å²) in [4.78, 5) is 42.8. The van der Waals surface area contributed by atoms with Gasteiger partial charge in [0.05, 0.1) is 11.8 Å². The molecule has 2 saturated carbocycles. The lowest BCUT2D eigenvalue weighted by atomic mass is 9.63. The standard InChI is InChI=1S/C34H31NO4/c1-19-8-10-22(11-9-19)23-12-15-29(20(2)16-23)39-34(38)28(17-21-6-4-3-5-7-21)35-32(36)30-24-13-14-25(27-18-26(24)27)31(30)33(35)37/h3-16,24-28,30-31H,17-18H2,1-2H3/t24-,25-,26-,27-,28-,30+,31+/m1/s1. The lowest BCUT2D eigenvalue weighted by molar-refractivity contribution is -0.153. The molecule has 3 aromatic rings. The van der Waals surface area contributed by atoms with Crippen molar-refractivity contribution >= 4 is 17.8 Å². The highest BCUT2D eigenvalue weighted by Gasteiger charge is 2.68. The van der Waals surface area contributed by atoms with E-state index in [-0.39, 0.29) is 41.9 Å². The Kier molecular flexibility index (Phi) is 5.58. The van der Waals surface area contributed by atoms with Gasteiger partial charge in [0, 0.05) is 6.42 Å². The summed E-state index contributed by atoms with van der Waals surface area (Å²) in [6, 6.07) is 22.5. The first-order valence-corrected chi connectivity index (χ1v) is 13.9. The second-order valence-electron chi connectivity index (χ2n) is 11.7. The number of nitrogens with zero attached hydrogens (tertiary/aromatic N) is 1. The Morgan fingerprint density at radius 2 is 1.46 bits per heavy atom. The number of allylic oxidation sites excluding steroid dienone is 2. The van der Waals surface area contributed by atoms with Crippen molar-refractivity contribution in [2.75, 3.05) is 0 Å². The van der Waals surface area contributed by atoms with Crippen LogP contribution < -0.4 is 4.74 Å². The van der Waals surface area contributed by atoms with Crippen LogP contribution in [0.1, 0.15) is 23.1 Å². The van der Waals surface area contributed by atoms with Crippen LogP contribution >= 0.6 is 0 Å². The van der Waals surface area contributed by atoms with Crippen LogP contribution in [0.5, 0.6) is 5.75 Å². The van der Waals surface area contributed by atoms with Gasteiger partial charge in [-0.25, -0.2) is 4.79 Å². The molecule has 7 atom stereocenters. The maximum atomic E-state index is 13.8. The van der Waals surface area contributed by atoms with E-state index in [1.165, 1.54) is 10.5 Å². The smallest absolute Gasteiger partial charge is 0.335 e. The first kappa shape index (κ1) is 24.1. The third-order valence-corrected chi connectivity index (χ3v) is 9.32. The summed E-state index contributed by atoms with van der Waals surface area (Å²) in [5.41, 5.74) is 5.00. The molecule has 1 saturated heterocycles. The third-order valence-electron chi connectivity index (χ3n) is 9.32. The molecule has 0 spiro atoms. The van der Waals surface area contributed by atoms with Crippen molar-refractivity contribution in [3.8, 4) is 16.9 Å². The van der Waals surface area contributed by atoms with E-state index in [1.807, 2.05) is 49.4 Å². The van der Waals surface area contributed by atoms with Gasteiger partial charge >= 0.3 is 5.97 Å². The van der Waals surface area contributed by atoms with E-state index in [0.29, 0.717) is 17.6 Å². The molecule has 2 amide bonds. The number of ether oxygens (including phenoxy) is 1. The second-order valence-corrected chi connectivity index (χ2v) is 11.7. The number of amides is 2. The number of imide groups is 1. The summed E-state index contributed by atoms with van der Waals surface area (Å²) in [5, 5.41) is 0. The molecule has 0 N–H and O–H groups in total. The van der Waals surface area contributed by atoms with E-state index in [1.54, 1.807) is 6.07 Å². The number of carbonyl (C=O) groups is 3. The zero-order chi connectivity index (χ0) is 26.8. The zero-order valence-electron chi connectivity index (χ0n) is 22.1. The van der Waals surface area contributed by atoms with Crippen molar-refractivity contribution in [1.82, 2.24) is 4.90 Å². The van der Waals surface area contributed by atoms with Crippen LogP contribution in [0, 0.1) is 49.4 Å². The number of hydrogen-bond donors (Lipinski definition) is 0. The molecular weight excluding hydrogens is 486 g/mol. The molecule has 1 aliphatic heterocycles. The van der Waals surface area contributed by atoms with Crippen molar-refractivity contribution in [3.63, 3.8) is 0 Å². The van der Waals surface area contributed by atoms with Gasteiger partial charge in [-0.05, 0) is 78.3 Å². The van der Waals surface area contributed by atoms with Crippen LogP contribution in [-0.4, -0.2) is 28.7 Å². The summed E-state index contributed by atoms with van der Waals surface area (Å²) in [6.45, 7) is 3.96. The van der Waals surface area contributed by atoms with Crippen LogP contribution in [0.3, 0.4) is 0 Å². The van der Waals surface area contributed by atoms with Gasteiger partial charge in [-0.2, -0.15) is 0 Å². The summed E-state index contributed by atoms with van der Waals surface area (Å²) >= 11 is 0. The molecule has 0 aromatic heterocycles. The van der Waals surface area contributed by atoms with Crippen LogP contribution in [0.2, 0.25) is 0 Å². The molecule has 2 bridgehead atoms. The van der Waals surface area contributed by atoms with E-state index < -0.39 is 12.0 Å². The van der Waals surface area contributed by atoms with E-state index in [9.17, 15) is 14.4 Å². The van der Waals surface area contributed by atoms with E-state index >= 15 is 0 Å². The third kappa shape index (κ3) is 3.94. The number of esters is 1. The zero-order valence-corrected chi connectivity index (χ0v) is 22.1.